The normalized spacial score (nSPS) is 13.8. The van der Waals surface area contributed by atoms with Crippen LogP contribution in [-0.4, -0.2) is 57.4 Å². The van der Waals surface area contributed by atoms with E-state index in [-0.39, 0.29) is 12.6 Å². The molecule has 0 heterocycles. The van der Waals surface area contributed by atoms with Crippen molar-refractivity contribution in [3.63, 3.8) is 0 Å². The summed E-state index contributed by atoms with van der Waals surface area (Å²) in [4.78, 5) is 23.5. The topological polar surface area (TPSA) is 86.7 Å². The Labute approximate surface area is 104 Å². The number of carboxylic acid groups (broad SMARTS) is 1. The first-order chi connectivity index (χ1) is 7.86. The molecule has 0 rings (SSSR count). The molecule has 0 aliphatic heterocycles. The van der Waals surface area contributed by atoms with Gasteiger partial charge in [0, 0.05) is 35.4 Å². The van der Waals surface area contributed by atoms with Crippen molar-refractivity contribution in [3.05, 3.63) is 0 Å². The predicted octanol–water partition coefficient (Wildman–Crippen LogP) is 0.260. The average Bonchev–Trinajstić information content (AvgIpc) is 2.14. The van der Waals surface area contributed by atoms with E-state index in [1.807, 2.05) is 6.92 Å². The number of hydrogen-bond donors (Lipinski definition) is 2. The number of nitrogens with zero attached hydrogens (tertiary/aromatic N) is 1. The van der Waals surface area contributed by atoms with Crippen LogP contribution in [0.2, 0.25) is 0 Å². The number of carbonyl (C=O) groups excluding carboxylic acids is 1. The van der Waals surface area contributed by atoms with Crippen LogP contribution in [-0.2, 0) is 15.6 Å². The average molecular weight is 264 g/mol. The Morgan fingerprint density at radius 3 is 2.47 bits per heavy atom. The van der Waals surface area contributed by atoms with Gasteiger partial charge in [0.2, 0.25) is 0 Å². The largest absolute Gasteiger partial charge is 0.480 e. The number of carboxylic acids is 1. The van der Waals surface area contributed by atoms with Gasteiger partial charge >= 0.3 is 12.0 Å². The van der Waals surface area contributed by atoms with Gasteiger partial charge in [0.1, 0.15) is 6.54 Å². The van der Waals surface area contributed by atoms with Crippen molar-refractivity contribution in [2.45, 2.75) is 26.3 Å². The molecule has 0 saturated carbocycles. The third kappa shape index (κ3) is 7.73. The quantitative estimate of drug-likeness (QED) is 0.690. The first-order valence-corrected chi connectivity index (χ1v) is 7.16. The van der Waals surface area contributed by atoms with Gasteiger partial charge in [-0.15, -0.1) is 0 Å². The standard InChI is InChI=1S/C10H20N2O4S/c1-4-5-12(6-9(13)14)10(15)11-8(2)7-17(3)16/h8H,4-7H2,1-3H3,(H,11,15)(H,13,14). The summed E-state index contributed by atoms with van der Waals surface area (Å²) in [6.07, 6.45) is 2.25. The van der Waals surface area contributed by atoms with Gasteiger partial charge in [-0.05, 0) is 13.3 Å². The Balaban J connectivity index is 4.30. The molecule has 0 aliphatic carbocycles. The summed E-state index contributed by atoms with van der Waals surface area (Å²) in [6.45, 7) is 3.68. The zero-order chi connectivity index (χ0) is 13.4. The highest BCUT2D eigenvalue weighted by Gasteiger charge is 2.17. The molecule has 0 aromatic rings. The summed E-state index contributed by atoms with van der Waals surface area (Å²) in [5, 5.41) is 11.3. The Bertz CT molecular complexity index is 296. The van der Waals surface area contributed by atoms with E-state index >= 15 is 0 Å². The number of urea groups is 1. The maximum atomic E-state index is 11.7. The van der Waals surface area contributed by atoms with Crippen LogP contribution in [0.5, 0.6) is 0 Å². The van der Waals surface area contributed by atoms with E-state index in [2.05, 4.69) is 5.32 Å². The molecular weight excluding hydrogens is 244 g/mol. The molecule has 0 aromatic carbocycles. The Morgan fingerprint density at radius 1 is 1.47 bits per heavy atom. The molecule has 2 N–H and O–H groups in total. The summed E-state index contributed by atoms with van der Waals surface area (Å²) in [6, 6.07) is -0.659. The molecule has 17 heavy (non-hydrogen) atoms. The monoisotopic (exact) mass is 264 g/mol. The molecule has 0 aromatic heterocycles. The summed E-state index contributed by atoms with van der Waals surface area (Å²) >= 11 is 0. The van der Waals surface area contributed by atoms with E-state index in [0.717, 1.165) is 0 Å². The fourth-order valence-electron chi connectivity index (χ4n) is 1.38. The van der Waals surface area contributed by atoms with E-state index in [1.54, 1.807) is 13.2 Å². The lowest BCUT2D eigenvalue weighted by Gasteiger charge is -2.22. The highest BCUT2D eigenvalue weighted by atomic mass is 32.2. The molecule has 0 saturated heterocycles. The molecule has 0 spiro atoms. The fourth-order valence-corrected chi connectivity index (χ4v) is 2.17. The predicted molar refractivity (Wildman–Crippen MR) is 66.4 cm³/mol. The number of nitrogens with one attached hydrogen (secondary N) is 1. The molecule has 0 aliphatic rings. The summed E-state index contributed by atoms with van der Waals surface area (Å²) in [5.74, 6) is -0.681. The van der Waals surface area contributed by atoms with Gasteiger partial charge in [0.15, 0.2) is 0 Å². The Morgan fingerprint density at radius 2 is 2.06 bits per heavy atom. The highest BCUT2D eigenvalue weighted by molar-refractivity contribution is 7.84. The van der Waals surface area contributed by atoms with Crippen LogP contribution in [0.25, 0.3) is 0 Å². The highest BCUT2D eigenvalue weighted by Crippen LogP contribution is 1.95. The van der Waals surface area contributed by atoms with E-state index in [9.17, 15) is 13.8 Å². The lowest BCUT2D eigenvalue weighted by molar-refractivity contribution is -0.137. The van der Waals surface area contributed by atoms with Gasteiger partial charge in [0.05, 0.1) is 0 Å². The van der Waals surface area contributed by atoms with Crippen molar-refractivity contribution >= 4 is 22.8 Å². The van der Waals surface area contributed by atoms with Gasteiger partial charge in [-0.3, -0.25) is 9.00 Å². The third-order valence-electron chi connectivity index (χ3n) is 1.96. The zero-order valence-corrected chi connectivity index (χ0v) is 11.2. The van der Waals surface area contributed by atoms with Crippen molar-refractivity contribution in [2.75, 3.05) is 25.1 Å². The number of rotatable bonds is 7. The van der Waals surface area contributed by atoms with Crippen LogP contribution >= 0.6 is 0 Å². The molecule has 0 fully saturated rings. The number of carbonyl (C=O) groups is 2. The first-order valence-electron chi connectivity index (χ1n) is 5.44. The smallest absolute Gasteiger partial charge is 0.323 e. The van der Waals surface area contributed by atoms with Gasteiger partial charge in [-0.2, -0.15) is 0 Å². The second-order valence-electron chi connectivity index (χ2n) is 3.91. The van der Waals surface area contributed by atoms with E-state index in [4.69, 9.17) is 5.11 Å². The van der Waals surface area contributed by atoms with Gasteiger partial charge in [-0.1, -0.05) is 6.92 Å². The van der Waals surface area contributed by atoms with Crippen molar-refractivity contribution < 1.29 is 18.9 Å². The lowest BCUT2D eigenvalue weighted by atomic mass is 10.4. The molecule has 2 amide bonds. The molecule has 0 bridgehead atoms. The fraction of sp³-hybridized carbons (Fsp3) is 0.800. The van der Waals surface area contributed by atoms with Crippen LogP contribution in [0, 0.1) is 0 Å². The second kappa shape index (κ2) is 8.05. The molecule has 100 valence electrons. The van der Waals surface area contributed by atoms with Crippen molar-refractivity contribution in [1.29, 1.82) is 0 Å². The third-order valence-corrected chi connectivity index (χ3v) is 2.93. The molecule has 0 radical (unpaired) electrons. The Hall–Kier alpha value is -1.11. The van der Waals surface area contributed by atoms with Crippen molar-refractivity contribution in [1.82, 2.24) is 10.2 Å². The van der Waals surface area contributed by atoms with E-state index in [0.29, 0.717) is 18.7 Å². The maximum Gasteiger partial charge on any atom is 0.323 e. The second-order valence-corrected chi connectivity index (χ2v) is 5.39. The summed E-state index contributed by atoms with van der Waals surface area (Å²) in [7, 11) is -0.989. The maximum absolute atomic E-state index is 11.7. The van der Waals surface area contributed by atoms with Gasteiger partial charge in [0.25, 0.3) is 0 Å². The van der Waals surface area contributed by atoms with Crippen LogP contribution in [0.1, 0.15) is 20.3 Å². The molecule has 6 nitrogen and oxygen atoms in total. The minimum atomic E-state index is -1.04. The van der Waals surface area contributed by atoms with E-state index in [1.165, 1.54) is 4.90 Å². The molecular formula is C10H20N2O4S. The first kappa shape index (κ1) is 15.9. The molecule has 2 atom stereocenters. The van der Waals surface area contributed by atoms with Gasteiger partial charge in [-0.25, -0.2) is 4.79 Å². The minimum Gasteiger partial charge on any atom is -0.480 e. The zero-order valence-electron chi connectivity index (χ0n) is 10.4. The lowest BCUT2D eigenvalue weighted by Crippen LogP contribution is -2.47. The minimum absolute atomic E-state index is 0.235. The van der Waals surface area contributed by atoms with E-state index < -0.39 is 22.8 Å². The Kier molecular flexibility index (Phi) is 7.53. The van der Waals surface area contributed by atoms with Gasteiger partial charge < -0.3 is 15.3 Å². The SMILES string of the molecule is CCCN(CC(=O)O)C(=O)NC(C)CS(C)=O. The number of hydrogen-bond acceptors (Lipinski definition) is 3. The van der Waals surface area contributed by atoms with Crippen molar-refractivity contribution in [3.8, 4) is 0 Å². The number of aliphatic carboxylic acids is 1. The van der Waals surface area contributed by atoms with Crippen LogP contribution in [0.4, 0.5) is 4.79 Å². The number of amides is 2. The molecule has 7 heteroatoms. The van der Waals surface area contributed by atoms with Crippen LogP contribution in [0.15, 0.2) is 0 Å². The van der Waals surface area contributed by atoms with Crippen molar-refractivity contribution in [2.24, 2.45) is 0 Å². The summed E-state index contributed by atoms with van der Waals surface area (Å²) in [5.41, 5.74) is 0. The van der Waals surface area contributed by atoms with Crippen LogP contribution < -0.4 is 5.32 Å². The summed E-state index contributed by atoms with van der Waals surface area (Å²) < 4.78 is 11.0. The molecule has 2 unspecified atom stereocenters. The van der Waals surface area contributed by atoms with Crippen LogP contribution in [0.3, 0.4) is 0 Å².